The molecule has 0 bridgehead atoms. The van der Waals surface area contributed by atoms with Crippen molar-refractivity contribution in [1.29, 1.82) is 0 Å². The Labute approximate surface area is 360 Å². The molecule has 0 aliphatic rings. The van der Waals surface area contributed by atoms with Gasteiger partial charge in [-0.05, 0) is 38.3 Å². The Morgan fingerprint density at radius 2 is 0.746 bits per heavy atom. The Kier molecular flexibility index (Phi) is 37.3. The second kappa shape index (κ2) is 40.6. The molecule has 0 spiro atoms. The topological polar surface area (TPSA) is 108 Å². The molecule has 0 heterocycles. The summed E-state index contributed by atoms with van der Waals surface area (Å²) in [5, 5.41) is 0. The van der Waals surface area contributed by atoms with Gasteiger partial charge in [0.05, 0.1) is 65.0 Å². The van der Waals surface area contributed by atoms with E-state index in [0.29, 0.717) is 81.2 Å². The molecule has 0 atom stereocenters. The molecule has 0 amide bonds. The van der Waals surface area contributed by atoms with Gasteiger partial charge >= 0.3 is 11.9 Å². The van der Waals surface area contributed by atoms with Crippen molar-refractivity contribution < 1.29 is 47.5 Å². The van der Waals surface area contributed by atoms with Gasteiger partial charge in [-0.3, -0.25) is 0 Å². The predicted molar refractivity (Wildman–Crippen MR) is 239 cm³/mol. The number of benzene rings is 1. The fourth-order valence-corrected chi connectivity index (χ4v) is 6.43. The van der Waals surface area contributed by atoms with Gasteiger partial charge in [-0.25, -0.2) is 9.59 Å². The lowest BCUT2D eigenvalue weighted by molar-refractivity contribution is -0.140. The first-order valence-electron chi connectivity index (χ1n) is 23.7. The molecule has 1 aromatic rings. The zero-order chi connectivity index (χ0) is 42.9. The number of hydrogen-bond donors (Lipinski definition) is 0. The van der Waals surface area contributed by atoms with Crippen LogP contribution in [0.3, 0.4) is 0 Å². The number of carbonyl (C=O) groups excluding carboxylic acids is 2. The van der Waals surface area contributed by atoms with Crippen molar-refractivity contribution in [2.75, 3.05) is 72.7 Å². The second-order valence-corrected chi connectivity index (χ2v) is 15.7. The molecule has 0 aromatic heterocycles. The summed E-state index contributed by atoms with van der Waals surface area (Å²) in [5.74, 6) is 0.783. The number of unbranched alkanes of at least 4 members (excludes halogenated alkanes) is 21. The number of hydrogen-bond acceptors (Lipinski definition) is 10. The van der Waals surface area contributed by atoms with Crippen molar-refractivity contribution in [2.45, 2.75) is 182 Å². The highest BCUT2D eigenvalue weighted by Gasteiger charge is 2.20. The van der Waals surface area contributed by atoms with Crippen molar-refractivity contribution in [2.24, 2.45) is 0 Å². The van der Waals surface area contributed by atoms with E-state index in [1.807, 2.05) is 0 Å². The van der Waals surface area contributed by atoms with Crippen molar-refractivity contribution in [3.05, 3.63) is 29.8 Å². The normalized spacial score (nSPS) is 11.1. The standard InChI is InChI=1S/C49H86O10/c1-6-9-12-15-18-21-24-27-30-55-45-41-44(49(51)59-40-38-54-36-34-52-33-35-53-37-39-58-48(50)43(4)5)42-46(56-31-28-25-22-19-16-13-10-7-2)47(45)57-32-29-26-23-20-17-14-11-8-3/h41-42H,4,6-40H2,1-3,5H3. The van der Waals surface area contributed by atoms with E-state index in [-0.39, 0.29) is 19.8 Å². The SMILES string of the molecule is C=C(C)C(=O)OCCOCCOCCOCCOC(=O)c1cc(OCCCCCCCCCC)c(OCCCCCCCCCC)c(OCCCCCCCCCC)c1. The molecular weight excluding hydrogens is 749 g/mol. The molecule has 0 saturated heterocycles. The average molecular weight is 835 g/mol. The van der Waals surface area contributed by atoms with E-state index < -0.39 is 11.9 Å². The Morgan fingerprint density at radius 1 is 0.424 bits per heavy atom. The lowest BCUT2D eigenvalue weighted by atomic mass is 10.1. The number of ether oxygens (including phenoxy) is 8. The summed E-state index contributed by atoms with van der Waals surface area (Å²) in [5.41, 5.74) is 0.734. The summed E-state index contributed by atoms with van der Waals surface area (Å²) >= 11 is 0. The molecule has 10 heteroatoms. The minimum Gasteiger partial charge on any atom is -0.490 e. The summed E-state index contributed by atoms with van der Waals surface area (Å²) < 4.78 is 46.4. The van der Waals surface area contributed by atoms with Crippen LogP contribution in [0.15, 0.2) is 24.3 Å². The molecule has 0 N–H and O–H groups in total. The van der Waals surface area contributed by atoms with Gasteiger partial charge in [0.25, 0.3) is 0 Å². The molecule has 1 aromatic carbocycles. The molecule has 0 aliphatic carbocycles. The van der Waals surface area contributed by atoms with Crippen LogP contribution in [0.5, 0.6) is 17.2 Å². The van der Waals surface area contributed by atoms with E-state index in [0.717, 1.165) is 38.5 Å². The summed E-state index contributed by atoms with van der Waals surface area (Å²) in [6.45, 7) is 15.9. The number of carbonyl (C=O) groups is 2. The van der Waals surface area contributed by atoms with E-state index in [4.69, 9.17) is 37.9 Å². The average Bonchev–Trinajstić information content (AvgIpc) is 3.23. The van der Waals surface area contributed by atoms with Gasteiger partial charge < -0.3 is 37.9 Å². The fraction of sp³-hybridized carbons (Fsp3) is 0.796. The minimum absolute atomic E-state index is 0.102. The molecule has 10 nitrogen and oxygen atoms in total. The summed E-state index contributed by atoms with van der Waals surface area (Å²) in [4.78, 5) is 24.8. The van der Waals surface area contributed by atoms with Crippen LogP contribution in [0.4, 0.5) is 0 Å². The van der Waals surface area contributed by atoms with E-state index in [1.165, 1.54) is 116 Å². The smallest absolute Gasteiger partial charge is 0.338 e. The highest BCUT2D eigenvalue weighted by Crippen LogP contribution is 2.40. The zero-order valence-corrected chi connectivity index (χ0v) is 38.2. The molecule has 0 aliphatic heterocycles. The Bertz CT molecular complexity index is 1110. The van der Waals surface area contributed by atoms with Gasteiger partial charge in [-0.1, -0.05) is 162 Å². The molecule has 59 heavy (non-hydrogen) atoms. The third-order valence-corrected chi connectivity index (χ3v) is 10.0. The molecule has 0 unspecified atom stereocenters. The van der Waals surface area contributed by atoms with E-state index >= 15 is 0 Å². The first-order chi connectivity index (χ1) is 28.9. The van der Waals surface area contributed by atoms with Crippen LogP contribution < -0.4 is 14.2 Å². The molecule has 1 rings (SSSR count). The highest BCUT2D eigenvalue weighted by molar-refractivity contribution is 5.91. The van der Waals surface area contributed by atoms with Crippen LogP contribution in [0.1, 0.15) is 192 Å². The van der Waals surface area contributed by atoms with Gasteiger partial charge in [0.1, 0.15) is 13.2 Å². The fourth-order valence-electron chi connectivity index (χ4n) is 6.43. The lowest BCUT2D eigenvalue weighted by Gasteiger charge is -2.19. The van der Waals surface area contributed by atoms with Crippen molar-refractivity contribution in [1.82, 2.24) is 0 Å². The quantitative estimate of drug-likeness (QED) is 0.0358. The Balaban J connectivity index is 2.78. The summed E-state index contributed by atoms with van der Waals surface area (Å²) in [6.07, 6.45) is 29.1. The van der Waals surface area contributed by atoms with Crippen LogP contribution in [0.25, 0.3) is 0 Å². The van der Waals surface area contributed by atoms with Crippen LogP contribution in [-0.4, -0.2) is 84.6 Å². The van der Waals surface area contributed by atoms with Crippen molar-refractivity contribution in [3.63, 3.8) is 0 Å². The highest BCUT2D eigenvalue weighted by atomic mass is 16.6. The predicted octanol–water partition coefficient (Wildman–Crippen LogP) is 12.6. The van der Waals surface area contributed by atoms with Crippen LogP contribution in [-0.2, 0) is 28.5 Å². The maximum Gasteiger partial charge on any atom is 0.338 e. The van der Waals surface area contributed by atoms with Crippen LogP contribution in [0.2, 0.25) is 0 Å². The van der Waals surface area contributed by atoms with Gasteiger partial charge in [0.2, 0.25) is 5.75 Å². The largest absolute Gasteiger partial charge is 0.490 e. The molecule has 0 fully saturated rings. The maximum absolute atomic E-state index is 13.4. The Hall–Kier alpha value is -2.82. The minimum atomic E-state index is -0.459. The second-order valence-electron chi connectivity index (χ2n) is 15.7. The van der Waals surface area contributed by atoms with Crippen molar-refractivity contribution in [3.8, 4) is 17.2 Å². The first-order valence-corrected chi connectivity index (χ1v) is 23.7. The molecule has 342 valence electrons. The van der Waals surface area contributed by atoms with Gasteiger partial charge in [-0.2, -0.15) is 0 Å². The number of rotatable bonds is 44. The zero-order valence-electron chi connectivity index (χ0n) is 38.2. The monoisotopic (exact) mass is 835 g/mol. The van der Waals surface area contributed by atoms with Crippen LogP contribution in [0, 0.1) is 0 Å². The van der Waals surface area contributed by atoms with E-state index in [9.17, 15) is 9.59 Å². The van der Waals surface area contributed by atoms with Gasteiger partial charge in [0, 0.05) is 5.57 Å². The maximum atomic E-state index is 13.4. The lowest BCUT2D eigenvalue weighted by Crippen LogP contribution is -2.15. The third kappa shape index (κ3) is 31.7. The van der Waals surface area contributed by atoms with Gasteiger partial charge in [-0.15, -0.1) is 0 Å². The first kappa shape index (κ1) is 54.2. The molecule has 0 radical (unpaired) electrons. The molecular formula is C49H86O10. The Morgan fingerprint density at radius 3 is 1.12 bits per heavy atom. The number of esters is 2. The summed E-state index contributed by atoms with van der Waals surface area (Å²) in [6, 6.07) is 3.50. The van der Waals surface area contributed by atoms with Gasteiger partial charge in [0.15, 0.2) is 11.5 Å². The van der Waals surface area contributed by atoms with E-state index in [2.05, 4.69) is 27.4 Å². The third-order valence-electron chi connectivity index (χ3n) is 10.0. The van der Waals surface area contributed by atoms with Crippen molar-refractivity contribution >= 4 is 11.9 Å². The summed E-state index contributed by atoms with van der Waals surface area (Å²) in [7, 11) is 0. The van der Waals surface area contributed by atoms with E-state index in [1.54, 1.807) is 19.1 Å². The molecule has 0 saturated carbocycles. The van der Waals surface area contributed by atoms with Crippen LogP contribution >= 0.6 is 0 Å².